The third kappa shape index (κ3) is 3.64. The Morgan fingerprint density at radius 2 is 1.77 bits per heavy atom. The molecule has 4 nitrogen and oxygen atoms in total. The molecule has 152 valence electrons. The minimum absolute atomic E-state index is 0.0613. The number of nitrogens with zero attached hydrogens (tertiary/aromatic N) is 1. The van der Waals surface area contributed by atoms with Gasteiger partial charge in [0.05, 0.1) is 22.1 Å². The largest absolute Gasteiger partial charge is 0.545 e. The second kappa shape index (κ2) is 7.18. The standard InChI is InChI=1S/C22H13ClF3NO3/c1-11-2-5-17-13(8-11)14(21(28)29)10-18(27-17)20-7-6-19(30-20)15-9-12(22(24,25)26)3-4-16(15)23/h2-10H,1H3,(H,28,29)/p-1. The summed E-state index contributed by atoms with van der Waals surface area (Å²) in [4.78, 5) is 16.0. The molecule has 0 spiro atoms. The normalized spacial score (nSPS) is 11.8. The van der Waals surface area contributed by atoms with Gasteiger partial charge in [0.2, 0.25) is 0 Å². The topological polar surface area (TPSA) is 66.2 Å². The Balaban J connectivity index is 1.83. The molecule has 0 N–H and O–H groups in total. The van der Waals surface area contributed by atoms with Crippen LogP contribution in [0.2, 0.25) is 5.02 Å². The minimum atomic E-state index is -4.53. The van der Waals surface area contributed by atoms with Gasteiger partial charge in [-0.25, -0.2) is 4.98 Å². The van der Waals surface area contributed by atoms with Crippen LogP contribution in [0.4, 0.5) is 13.2 Å². The quantitative estimate of drug-likeness (QED) is 0.430. The summed E-state index contributed by atoms with van der Waals surface area (Å²) in [6.07, 6.45) is -4.53. The van der Waals surface area contributed by atoms with Gasteiger partial charge in [0, 0.05) is 16.5 Å². The van der Waals surface area contributed by atoms with E-state index < -0.39 is 17.7 Å². The molecule has 0 atom stereocenters. The number of fused-ring (bicyclic) bond motifs is 1. The summed E-state index contributed by atoms with van der Waals surface area (Å²) < 4.78 is 44.8. The van der Waals surface area contributed by atoms with E-state index in [0.29, 0.717) is 10.9 Å². The second-order valence-corrected chi connectivity index (χ2v) is 7.13. The number of carboxylic acid groups (broad SMARTS) is 1. The van der Waals surface area contributed by atoms with Gasteiger partial charge < -0.3 is 14.3 Å². The molecule has 0 bridgehead atoms. The smallest absolute Gasteiger partial charge is 0.416 e. The number of carboxylic acids is 1. The van der Waals surface area contributed by atoms with Gasteiger partial charge in [0.25, 0.3) is 0 Å². The van der Waals surface area contributed by atoms with Crippen molar-refractivity contribution in [2.45, 2.75) is 13.1 Å². The number of pyridine rings is 1. The summed E-state index contributed by atoms with van der Waals surface area (Å²) in [5.74, 6) is -1.09. The monoisotopic (exact) mass is 430 g/mol. The third-order valence-electron chi connectivity index (χ3n) is 4.60. The number of aryl methyl sites for hydroxylation is 1. The van der Waals surface area contributed by atoms with Crippen molar-refractivity contribution in [1.82, 2.24) is 4.98 Å². The number of carbonyl (C=O) groups excluding carboxylic acids is 1. The third-order valence-corrected chi connectivity index (χ3v) is 4.93. The number of furan rings is 1. The van der Waals surface area contributed by atoms with Gasteiger partial charge >= 0.3 is 6.18 Å². The number of halogens is 4. The zero-order valence-corrected chi connectivity index (χ0v) is 16.1. The van der Waals surface area contributed by atoms with E-state index in [1.165, 1.54) is 18.2 Å². The number of benzene rings is 2. The van der Waals surface area contributed by atoms with Crippen molar-refractivity contribution in [3.63, 3.8) is 0 Å². The van der Waals surface area contributed by atoms with Gasteiger partial charge in [-0.2, -0.15) is 13.2 Å². The molecule has 2 heterocycles. The maximum atomic E-state index is 13.0. The summed E-state index contributed by atoms with van der Waals surface area (Å²) in [5, 5.41) is 12.1. The van der Waals surface area contributed by atoms with Crippen molar-refractivity contribution in [3.8, 4) is 22.8 Å². The molecule has 0 radical (unpaired) electrons. The molecule has 0 aliphatic carbocycles. The molecule has 0 unspecified atom stereocenters. The average Bonchev–Trinajstić information content (AvgIpc) is 3.16. The molecule has 0 fully saturated rings. The van der Waals surface area contributed by atoms with Crippen LogP contribution < -0.4 is 5.11 Å². The lowest BCUT2D eigenvalue weighted by Gasteiger charge is -2.10. The fraction of sp³-hybridized carbons (Fsp3) is 0.0909. The molecular formula is C22H12ClF3NO3-. The van der Waals surface area contributed by atoms with E-state index in [1.54, 1.807) is 18.2 Å². The van der Waals surface area contributed by atoms with Crippen molar-refractivity contribution in [1.29, 1.82) is 0 Å². The van der Waals surface area contributed by atoms with E-state index in [4.69, 9.17) is 16.0 Å². The molecule has 0 saturated heterocycles. The van der Waals surface area contributed by atoms with Crippen LogP contribution in [-0.2, 0) is 6.18 Å². The Hall–Kier alpha value is -3.32. The van der Waals surface area contributed by atoms with Gasteiger partial charge in [0.1, 0.15) is 11.5 Å². The van der Waals surface area contributed by atoms with Crippen LogP contribution in [0, 0.1) is 6.92 Å². The zero-order valence-electron chi connectivity index (χ0n) is 15.4. The lowest BCUT2D eigenvalue weighted by Crippen LogP contribution is -2.22. The minimum Gasteiger partial charge on any atom is -0.545 e. The Morgan fingerprint density at radius 1 is 1.03 bits per heavy atom. The SMILES string of the molecule is Cc1ccc2nc(-c3ccc(-c4cc(C(F)(F)F)ccc4Cl)o3)cc(C(=O)[O-])c2c1. The molecule has 0 amide bonds. The number of alkyl halides is 3. The van der Waals surface area contributed by atoms with Crippen molar-refractivity contribution in [2.24, 2.45) is 0 Å². The summed E-state index contributed by atoms with van der Waals surface area (Å²) in [6, 6.07) is 12.3. The molecule has 2 aromatic carbocycles. The van der Waals surface area contributed by atoms with Gasteiger partial charge in [0.15, 0.2) is 5.76 Å². The molecule has 4 rings (SSSR count). The summed E-state index contributed by atoms with van der Waals surface area (Å²) >= 11 is 6.07. The van der Waals surface area contributed by atoms with E-state index in [1.807, 2.05) is 6.92 Å². The maximum Gasteiger partial charge on any atom is 0.416 e. The van der Waals surface area contributed by atoms with Crippen molar-refractivity contribution >= 4 is 28.5 Å². The van der Waals surface area contributed by atoms with Crippen LogP contribution >= 0.6 is 11.6 Å². The number of aromatic nitrogens is 1. The highest BCUT2D eigenvalue weighted by Gasteiger charge is 2.31. The van der Waals surface area contributed by atoms with Crippen LogP contribution in [-0.4, -0.2) is 11.0 Å². The first-order valence-electron chi connectivity index (χ1n) is 8.73. The van der Waals surface area contributed by atoms with Crippen LogP contribution in [0.1, 0.15) is 21.5 Å². The van der Waals surface area contributed by atoms with Gasteiger partial charge in [-0.05, 0) is 55.5 Å². The van der Waals surface area contributed by atoms with Gasteiger partial charge in [-0.15, -0.1) is 0 Å². The summed E-state index contributed by atoms with van der Waals surface area (Å²) in [5.41, 5.74) is 0.632. The maximum absolute atomic E-state index is 13.0. The fourth-order valence-electron chi connectivity index (χ4n) is 3.15. The number of aromatic carboxylic acids is 1. The Kier molecular flexibility index (Phi) is 4.78. The van der Waals surface area contributed by atoms with Gasteiger partial charge in [-0.3, -0.25) is 0 Å². The highest BCUT2D eigenvalue weighted by molar-refractivity contribution is 6.33. The molecule has 8 heteroatoms. The van der Waals surface area contributed by atoms with E-state index >= 15 is 0 Å². The number of rotatable bonds is 3. The number of carbonyl (C=O) groups is 1. The van der Waals surface area contributed by atoms with Crippen LogP contribution in [0.25, 0.3) is 33.7 Å². The lowest BCUT2D eigenvalue weighted by atomic mass is 10.0. The molecule has 4 aromatic rings. The highest BCUT2D eigenvalue weighted by atomic mass is 35.5. The first-order chi connectivity index (χ1) is 14.1. The van der Waals surface area contributed by atoms with E-state index in [0.717, 1.165) is 23.8 Å². The predicted molar refractivity (Wildman–Crippen MR) is 104 cm³/mol. The number of hydrogen-bond donors (Lipinski definition) is 0. The molecular weight excluding hydrogens is 419 g/mol. The summed E-state index contributed by atoms with van der Waals surface area (Å²) in [7, 11) is 0. The van der Waals surface area contributed by atoms with Gasteiger partial charge in [-0.1, -0.05) is 23.2 Å². The van der Waals surface area contributed by atoms with Crippen molar-refractivity contribution < 1.29 is 27.5 Å². The first-order valence-corrected chi connectivity index (χ1v) is 9.11. The van der Waals surface area contributed by atoms with E-state index in [-0.39, 0.29) is 33.4 Å². The number of hydrogen-bond acceptors (Lipinski definition) is 4. The Morgan fingerprint density at radius 3 is 2.47 bits per heavy atom. The Bertz CT molecular complexity index is 1290. The van der Waals surface area contributed by atoms with Crippen molar-refractivity contribution in [3.05, 3.63) is 76.3 Å². The lowest BCUT2D eigenvalue weighted by molar-refractivity contribution is -0.254. The molecule has 0 aliphatic heterocycles. The molecule has 0 saturated carbocycles. The molecule has 0 aliphatic rings. The van der Waals surface area contributed by atoms with Crippen molar-refractivity contribution in [2.75, 3.05) is 0 Å². The summed E-state index contributed by atoms with van der Waals surface area (Å²) in [6.45, 7) is 1.82. The molecule has 30 heavy (non-hydrogen) atoms. The second-order valence-electron chi connectivity index (χ2n) is 6.72. The zero-order chi connectivity index (χ0) is 21.6. The Labute approximate surface area is 173 Å². The average molecular weight is 431 g/mol. The first kappa shape index (κ1) is 20.0. The van der Waals surface area contributed by atoms with Crippen LogP contribution in [0.3, 0.4) is 0 Å². The highest BCUT2D eigenvalue weighted by Crippen LogP contribution is 2.38. The van der Waals surface area contributed by atoms with E-state index in [2.05, 4.69) is 4.98 Å². The van der Waals surface area contributed by atoms with Crippen LogP contribution in [0.15, 0.2) is 59.0 Å². The predicted octanol–water partition coefficient (Wildman–Crippen LogP) is 5.51. The fourth-order valence-corrected chi connectivity index (χ4v) is 3.36. The molecule has 2 aromatic heterocycles. The van der Waals surface area contributed by atoms with E-state index in [9.17, 15) is 23.1 Å². The van der Waals surface area contributed by atoms with Crippen LogP contribution in [0.5, 0.6) is 0 Å².